The number of rotatable bonds is 4. The van der Waals surface area contributed by atoms with Gasteiger partial charge in [0.1, 0.15) is 17.8 Å². The zero-order valence-electron chi connectivity index (χ0n) is 19.9. The number of carbonyl (C=O) groups excluding carboxylic acids is 1. The number of H-pyrrole nitrogens is 1. The van der Waals surface area contributed by atoms with Gasteiger partial charge in [0, 0.05) is 35.3 Å². The Kier molecular flexibility index (Phi) is 5.45. The predicted molar refractivity (Wildman–Crippen MR) is 141 cm³/mol. The number of para-hydroxylation sites is 1. The smallest absolute Gasteiger partial charge is 0.346 e. The maximum atomic E-state index is 13.3. The summed E-state index contributed by atoms with van der Waals surface area (Å²) in [4.78, 5) is 31.7. The minimum atomic E-state index is -4.52. The van der Waals surface area contributed by atoms with Gasteiger partial charge in [-0.2, -0.15) is 13.2 Å². The van der Waals surface area contributed by atoms with Crippen molar-refractivity contribution in [2.45, 2.75) is 6.18 Å². The monoisotopic (exact) mass is 512 g/mol. The summed E-state index contributed by atoms with van der Waals surface area (Å²) in [7, 11) is 1.83. The average molecular weight is 512 g/mol. The zero-order valence-corrected chi connectivity index (χ0v) is 19.9. The van der Waals surface area contributed by atoms with Crippen LogP contribution < -0.4 is 10.2 Å². The molecule has 0 atom stereocenters. The van der Waals surface area contributed by atoms with E-state index in [1.54, 1.807) is 18.3 Å². The number of aromatic nitrogens is 4. The van der Waals surface area contributed by atoms with Crippen molar-refractivity contribution in [1.29, 1.82) is 0 Å². The van der Waals surface area contributed by atoms with E-state index in [2.05, 4.69) is 20.3 Å². The molecule has 188 valence electrons. The van der Waals surface area contributed by atoms with E-state index in [1.165, 1.54) is 18.5 Å². The number of nitrogens with zero attached hydrogens (tertiary/aromatic N) is 4. The molecule has 0 fully saturated rings. The van der Waals surface area contributed by atoms with Crippen LogP contribution in [0.1, 0.15) is 15.9 Å². The molecule has 3 heterocycles. The molecule has 6 aromatic rings. The molecule has 3 aromatic carbocycles. The van der Waals surface area contributed by atoms with E-state index in [1.807, 2.05) is 48.3 Å². The molecule has 10 heteroatoms. The molecular weight excluding hydrogens is 493 g/mol. The largest absolute Gasteiger partial charge is 0.416 e. The van der Waals surface area contributed by atoms with Crippen molar-refractivity contribution in [1.82, 2.24) is 19.9 Å². The second kappa shape index (κ2) is 8.84. The van der Waals surface area contributed by atoms with Crippen LogP contribution in [0.5, 0.6) is 0 Å². The molecule has 0 bridgehead atoms. The van der Waals surface area contributed by atoms with Crippen LogP contribution in [0.2, 0.25) is 0 Å². The molecule has 2 N–H and O–H groups in total. The number of hydrogen-bond acceptors (Lipinski definition) is 5. The number of aromatic amines is 1. The number of nitrogens with one attached hydrogen (secondary N) is 2. The quantitative estimate of drug-likeness (QED) is 0.257. The number of fused-ring (bicyclic) bond motifs is 3. The third kappa shape index (κ3) is 4.15. The Hall–Kier alpha value is -4.99. The summed E-state index contributed by atoms with van der Waals surface area (Å²) >= 11 is 0. The number of carbonyl (C=O) groups is 1. The third-order valence-corrected chi connectivity index (χ3v) is 6.34. The van der Waals surface area contributed by atoms with Gasteiger partial charge in [-0.3, -0.25) is 4.79 Å². The Morgan fingerprint density at radius 1 is 0.921 bits per heavy atom. The normalized spacial score (nSPS) is 11.8. The number of hydrogen-bond donors (Lipinski definition) is 2. The van der Waals surface area contributed by atoms with Crippen LogP contribution >= 0.6 is 0 Å². The minimum absolute atomic E-state index is 0.0381. The lowest BCUT2D eigenvalue weighted by Crippen LogP contribution is -2.16. The second-order valence-corrected chi connectivity index (χ2v) is 8.77. The molecule has 38 heavy (non-hydrogen) atoms. The minimum Gasteiger partial charge on any atom is -0.346 e. The number of anilines is 3. The Bertz CT molecular complexity index is 1850. The molecule has 0 saturated heterocycles. The Morgan fingerprint density at radius 2 is 1.76 bits per heavy atom. The second-order valence-electron chi connectivity index (χ2n) is 8.77. The van der Waals surface area contributed by atoms with Gasteiger partial charge in [0.15, 0.2) is 0 Å². The molecule has 0 aliphatic carbocycles. The lowest BCUT2D eigenvalue weighted by Gasteiger charge is -2.22. The van der Waals surface area contributed by atoms with E-state index in [4.69, 9.17) is 4.98 Å². The number of alkyl halides is 3. The molecule has 0 aliphatic rings. The highest BCUT2D eigenvalue weighted by molar-refractivity contribution is 6.10. The Balaban J connectivity index is 1.49. The van der Waals surface area contributed by atoms with Gasteiger partial charge in [-0.1, -0.05) is 24.3 Å². The molecule has 6 rings (SSSR count). The third-order valence-electron chi connectivity index (χ3n) is 6.34. The van der Waals surface area contributed by atoms with Crippen LogP contribution in [0.15, 0.2) is 85.3 Å². The topological polar surface area (TPSA) is 86.8 Å². The first kappa shape index (κ1) is 23.4. The zero-order chi connectivity index (χ0) is 26.4. The van der Waals surface area contributed by atoms with Gasteiger partial charge in [-0.05, 0) is 48.5 Å². The summed E-state index contributed by atoms with van der Waals surface area (Å²) in [5.74, 6) is 0.0476. The van der Waals surface area contributed by atoms with E-state index < -0.39 is 17.6 Å². The maximum Gasteiger partial charge on any atom is 0.416 e. The van der Waals surface area contributed by atoms with Crippen molar-refractivity contribution in [2.75, 3.05) is 17.3 Å². The number of pyridine rings is 1. The summed E-state index contributed by atoms with van der Waals surface area (Å²) < 4.78 is 39.5. The number of amides is 1. The number of benzene rings is 3. The first-order chi connectivity index (χ1) is 18.3. The van der Waals surface area contributed by atoms with E-state index in [-0.39, 0.29) is 11.3 Å². The molecule has 1 amide bonds. The molecule has 7 nitrogen and oxygen atoms in total. The molecule has 0 radical (unpaired) electrons. The summed E-state index contributed by atoms with van der Waals surface area (Å²) in [5, 5.41) is 5.08. The summed E-state index contributed by atoms with van der Waals surface area (Å²) in [6.07, 6.45) is -1.31. The summed E-state index contributed by atoms with van der Waals surface area (Å²) in [6, 6.07) is 19.3. The standard InChI is InChI=1S/C28H19F3N6O/c1-37(26-20-9-10-32-25(20)33-15-34-26)24-13-17(12-23-21(24)11-16-5-2-3-8-22(16)36-23)27(38)35-19-7-4-6-18(14-19)28(29,30)31/h2-15H,1H3,(H,35,38)(H,32,33,34). The summed E-state index contributed by atoms with van der Waals surface area (Å²) in [5.41, 5.74) is 2.04. The molecule has 3 aromatic heterocycles. The maximum absolute atomic E-state index is 13.3. The van der Waals surface area contributed by atoms with Gasteiger partial charge >= 0.3 is 6.18 Å². The van der Waals surface area contributed by atoms with Gasteiger partial charge in [0.05, 0.1) is 27.7 Å². The molecule has 0 saturated carbocycles. The van der Waals surface area contributed by atoms with Crippen LogP contribution in [0.3, 0.4) is 0 Å². The number of halogens is 3. The van der Waals surface area contributed by atoms with Gasteiger partial charge in [-0.25, -0.2) is 15.0 Å². The predicted octanol–water partition coefficient (Wildman–Crippen LogP) is 6.70. The fourth-order valence-corrected chi connectivity index (χ4v) is 4.49. The fraction of sp³-hybridized carbons (Fsp3) is 0.0714. The average Bonchev–Trinajstić information content (AvgIpc) is 3.40. The van der Waals surface area contributed by atoms with Crippen LogP contribution in [0.25, 0.3) is 32.8 Å². The van der Waals surface area contributed by atoms with E-state index in [9.17, 15) is 18.0 Å². The highest BCUT2D eigenvalue weighted by Gasteiger charge is 2.30. The van der Waals surface area contributed by atoms with Gasteiger partial charge in [0.25, 0.3) is 5.91 Å². The van der Waals surface area contributed by atoms with Crippen molar-refractivity contribution in [3.63, 3.8) is 0 Å². The van der Waals surface area contributed by atoms with Gasteiger partial charge < -0.3 is 15.2 Å². The van der Waals surface area contributed by atoms with Crippen LogP contribution in [-0.4, -0.2) is 32.9 Å². The van der Waals surface area contributed by atoms with E-state index >= 15 is 0 Å². The lowest BCUT2D eigenvalue weighted by atomic mass is 10.0. The van der Waals surface area contributed by atoms with Crippen LogP contribution in [-0.2, 0) is 6.18 Å². The van der Waals surface area contributed by atoms with E-state index in [0.717, 1.165) is 33.8 Å². The fourth-order valence-electron chi connectivity index (χ4n) is 4.49. The first-order valence-electron chi connectivity index (χ1n) is 11.6. The van der Waals surface area contributed by atoms with Crippen molar-refractivity contribution < 1.29 is 18.0 Å². The molecule has 0 aliphatic heterocycles. The van der Waals surface area contributed by atoms with Crippen molar-refractivity contribution in [3.05, 3.63) is 96.4 Å². The van der Waals surface area contributed by atoms with Crippen molar-refractivity contribution in [3.8, 4) is 0 Å². The van der Waals surface area contributed by atoms with Crippen LogP contribution in [0, 0.1) is 0 Å². The van der Waals surface area contributed by atoms with Crippen LogP contribution in [0.4, 0.5) is 30.4 Å². The lowest BCUT2D eigenvalue weighted by molar-refractivity contribution is -0.137. The molecule has 0 spiro atoms. The van der Waals surface area contributed by atoms with Crippen molar-refractivity contribution in [2.24, 2.45) is 0 Å². The highest BCUT2D eigenvalue weighted by Crippen LogP contribution is 2.36. The van der Waals surface area contributed by atoms with Crippen molar-refractivity contribution >= 4 is 55.9 Å². The summed E-state index contributed by atoms with van der Waals surface area (Å²) in [6.45, 7) is 0. The molecule has 0 unspecified atom stereocenters. The van der Waals surface area contributed by atoms with Gasteiger partial charge in [-0.15, -0.1) is 0 Å². The first-order valence-corrected chi connectivity index (χ1v) is 11.6. The Morgan fingerprint density at radius 3 is 2.61 bits per heavy atom. The highest BCUT2D eigenvalue weighted by atomic mass is 19.4. The Labute approximate surface area is 214 Å². The van der Waals surface area contributed by atoms with E-state index in [0.29, 0.717) is 22.7 Å². The van der Waals surface area contributed by atoms with Gasteiger partial charge in [0.2, 0.25) is 0 Å². The molecular formula is C28H19F3N6O. The SMILES string of the molecule is CN(c1cc(C(=O)Nc2cccc(C(F)(F)F)c2)cc2nc3ccccc3cc12)c1ncnc2[nH]ccc12.